The topological polar surface area (TPSA) is 66.3 Å². The number of hydrogen-bond acceptors (Lipinski definition) is 3. The lowest BCUT2D eigenvalue weighted by Crippen LogP contribution is -2.47. The van der Waals surface area contributed by atoms with Crippen molar-refractivity contribution in [3.05, 3.63) is 35.3 Å². The Morgan fingerprint density at radius 1 is 1.30 bits per heavy atom. The second-order valence-electron chi connectivity index (χ2n) is 5.21. The number of thiocarbonyl (C=S) groups is 1. The van der Waals surface area contributed by atoms with Crippen LogP contribution < -0.4 is 16.2 Å². The SMILES string of the molecule is CCCCCNC(=S)NNC(=O)c1oc2c(F)cccc2c1C. The lowest BCUT2D eigenvalue weighted by molar-refractivity contribution is 0.0917. The molecule has 0 saturated heterocycles. The van der Waals surface area contributed by atoms with E-state index >= 15 is 0 Å². The molecule has 1 amide bonds. The number of furan rings is 1. The summed E-state index contributed by atoms with van der Waals surface area (Å²) >= 11 is 5.06. The van der Waals surface area contributed by atoms with Crippen LogP contribution in [0.15, 0.2) is 22.6 Å². The molecule has 0 aliphatic carbocycles. The fraction of sp³-hybridized carbons (Fsp3) is 0.375. The fourth-order valence-corrected chi connectivity index (χ4v) is 2.37. The van der Waals surface area contributed by atoms with E-state index in [1.165, 1.54) is 6.07 Å². The quantitative estimate of drug-likeness (QED) is 0.444. The Labute approximate surface area is 139 Å². The van der Waals surface area contributed by atoms with Gasteiger partial charge >= 0.3 is 5.91 Å². The molecule has 1 aromatic heterocycles. The summed E-state index contributed by atoms with van der Waals surface area (Å²) in [7, 11) is 0. The van der Waals surface area contributed by atoms with Crippen LogP contribution in [0.1, 0.15) is 42.3 Å². The average Bonchev–Trinajstić information content (AvgIpc) is 2.88. The smallest absolute Gasteiger partial charge is 0.305 e. The predicted octanol–water partition coefficient (Wildman–Crippen LogP) is 3.18. The second kappa shape index (κ2) is 7.92. The molecule has 1 aromatic carbocycles. The highest BCUT2D eigenvalue weighted by molar-refractivity contribution is 7.80. The van der Waals surface area contributed by atoms with Crippen molar-refractivity contribution in [3.8, 4) is 0 Å². The van der Waals surface area contributed by atoms with Crippen molar-refractivity contribution in [1.82, 2.24) is 16.2 Å². The highest BCUT2D eigenvalue weighted by Crippen LogP contribution is 2.26. The molecule has 2 rings (SSSR count). The number of carbonyl (C=O) groups excluding carboxylic acids is 1. The van der Waals surface area contributed by atoms with E-state index in [-0.39, 0.29) is 11.3 Å². The number of unbranched alkanes of at least 4 members (excludes halogenated alkanes) is 2. The van der Waals surface area contributed by atoms with Gasteiger partial charge in [-0.1, -0.05) is 31.9 Å². The van der Waals surface area contributed by atoms with Crippen molar-refractivity contribution in [2.75, 3.05) is 6.54 Å². The van der Waals surface area contributed by atoms with Gasteiger partial charge in [0.25, 0.3) is 0 Å². The molecule has 0 aliphatic heterocycles. The predicted molar refractivity (Wildman–Crippen MR) is 91.6 cm³/mol. The Balaban J connectivity index is 1.95. The third-order valence-corrected chi connectivity index (χ3v) is 3.72. The molecular weight excluding hydrogens is 317 g/mol. The lowest BCUT2D eigenvalue weighted by atomic mass is 10.1. The molecule has 2 aromatic rings. The molecule has 0 atom stereocenters. The highest BCUT2D eigenvalue weighted by atomic mass is 32.1. The van der Waals surface area contributed by atoms with Crippen LogP contribution in [0, 0.1) is 12.7 Å². The summed E-state index contributed by atoms with van der Waals surface area (Å²) in [5, 5.41) is 3.90. The van der Waals surface area contributed by atoms with Gasteiger partial charge in [0.2, 0.25) is 0 Å². The maximum atomic E-state index is 13.7. The Morgan fingerprint density at radius 3 is 2.78 bits per heavy atom. The largest absolute Gasteiger partial charge is 0.447 e. The molecule has 5 nitrogen and oxygen atoms in total. The molecular formula is C16H20FN3O2S. The van der Waals surface area contributed by atoms with Crippen molar-refractivity contribution >= 4 is 34.2 Å². The van der Waals surface area contributed by atoms with E-state index in [9.17, 15) is 9.18 Å². The van der Waals surface area contributed by atoms with Crippen molar-refractivity contribution in [2.24, 2.45) is 0 Å². The maximum absolute atomic E-state index is 13.7. The van der Waals surface area contributed by atoms with Gasteiger partial charge in [-0.05, 0) is 31.6 Å². The first-order valence-electron chi connectivity index (χ1n) is 7.56. The van der Waals surface area contributed by atoms with E-state index in [2.05, 4.69) is 23.1 Å². The number of fused-ring (bicyclic) bond motifs is 1. The number of nitrogens with one attached hydrogen (secondary N) is 3. The Bertz CT molecular complexity index is 715. The minimum atomic E-state index is -0.504. The van der Waals surface area contributed by atoms with E-state index in [0.717, 1.165) is 25.8 Å². The minimum Gasteiger partial charge on any atom is -0.447 e. The minimum absolute atomic E-state index is 0.0615. The molecule has 0 spiro atoms. The number of rotatable bonds is 5. The number of benzene rings is 1. The molecule has 3 N–H and O–H groups in total. The Morgan fingerprint density at radius 2 is 2.09 bits per heavy atom. The Hall–Kier alpha value is -2.15. The van der Waals surface area contributed by atoms with Crippen molar-refractivity contribution in [1.29, 1.82) is 0 Å². The molecule has 7 heteroatoms. The monoisotopic (exact) mass is 337 g/mol. The number of amides is 1. The van der Waals surface area contributed by atoms with E-state index in [4.69, 9.17) is 16.6 Å². The summed E-state index contributed by atoms with van der Waals surface area (Å²) in [5.41, 5.74) is 5.73. The molecule has 124 valence electrons. The third kappa shape index (κ3) is 4.19. The third-order valence-electron chi connectivity index (χ3n) is 3.48. The zero-order valence-corrected chi connectivity index (χ0v) is 14.0. The van der Waals surface area contributed by atoms with Gasteiger partial charge in [0.1, 0.15) is 0 Å². The summed E-state index contributed by atoms with van der Waals surface area (Å²) in [5.74, 6) is -0.937. The van der Waals surface area contributed by atoms with Crippen LogP contribution >= 0.6 is 12.2 Å². The number of hydrazine groups is 1. The van der Waals surface area contributed by atoms with Crippen LogP contribution in [0.5, 0.6) is 0 Å². The summed E-state index contributed by atoms with van der Waals surface area (Å²) in [6.45, 7) is 4.57. The van der Waals surface area contributed by atoms with Gasteiger partial charge in [-0.15, -0.1) is 0 Å². The summed E-state index contributed by atoms with van der Waals surface area (Å²) in [4.78, 5) is 12.1. The van der Waals surface area contributed by atoms with Gasteiger partial charge in [-0.25, -0.2) is 4.39 Å². The first-order valence-corrected chi connectivity index (χ1v) is 7.97. The average molecular weight is 337 g/mol. The molecule has 1 heterocycles. The first-order chi connectivity index (χ1) is 11.0. The standard InChI is InChI=1S/C16H20FN3O2S/c1-3-4-5-9-18-16(23)20-19-15(21)13-10(2)11-7-6-8-12(17)14(11)22-13/h6-8H,3-5,9H2,1-2H3,(H,19,21)(H2,18,20,23). The zero-order chi connectivity index (χ0) is 16.8. The number of hydrogen-bond donors (Lipinski definition) is 3. The van der Waals surface area contributed by atoms with E-state index in [1.54, 1.807) is 19.1 Å². The van der Waals surface area contributed by atoms with Crippen molar-refractivity contribution in [3.63, 3.8) is 0 Å². The zero-order valence-electron chi connectivity index (χ0n) is 13.2. The van der Waals surface area contributed by atoms with E-state index < -0.39 is 11.7 Å². The van der Waals surface area contributed by atoms with Gasteiger partial charge in [-0.2, -0.15) is 0 Å². The van der Waals surface area contributed by atoms with Crippen LogP contribution in [0.3, 0.4) is 0 Å². The summed E-state index contributed by atoms with van der Waals surface area (Å²) in [6, 6.07) is 4.58. The fourth-order valence-electron chi connectivity index (χ4n) is 2.22. The van der Waals surface area contributed by atoms with Crippen molar-refractivity contribution < 1.29 is 13.6 Å². The van der Waals surface area contributed by atoms with Gasteiger partial charge in [0, 0.05) is 17.5 Å². The molecule has 0 radical (unpaired) electrons. The number of carbonyl (C=O) groups is 1. The van der Waals surface area contributed by atoms with Crippen LogP contribution in [-0.2, 0) is 0 Å². The van der Waals surface area contributed by atoms with Crippen LogP contribution in [-0.4, -0.2) is 17.6 Å². The van der Waals surface area contributed by atoms with Crippen molar-refractivity contribution in [2.45, 2.75) is 33.1 Å². The van der Waals surface area contributed by atoms with Crippen LogP contribution in [0.2, 0.25) is 0 Å². The highest BCUT2D eigenvalue weighted by Gasteiger charge is 2.19. The van der Waals surface area contributed by atoms with E-state index in [1.807, 2.05) is 0 Å². The number of halogens is 1. The maximum Gasteiger partial charge on any atom is 0.305 e. The second-order valence-corrected chi connectivity index (χ2v) is 5.62. The van der Waals surface area contributed by atoms with Crippen LogP contribution in [0.4, 0.5) is 4.39 Å². The molecule has 0 saturated carbocycles. The summed E-state index contributed by atoms with van der Waals surface area (Å²) in [6.07, 6.45) is 3.25. The van der Waals surface area contributed by atoms with Gasteiger partial charge in [0.15, 0.2) is 22.3 Å². The molecule has 0 bridgehead atoms. The summed E-state index contributed by atoms with van der Waals surface area (Å²) < 4.78 is 19.0. The lowest BCUT2D eigenvalue weighted by Gasteiger charge is -2.10. The van der Waals surface area contributed by atoms with Crippen LogP contribution in [0.25, 0.3) is 11.0 Å². The molecule has 0 fully saturated rings. The van der Waals surface area contributed by atoms with Gasteiger partial charge in [-0.3, -0.25) is 15.6 Å². The van der Waals surface area contributed by atoms with Gasteiger partial charge < -0.3 is 9.73 Å². The Kier molecular flexibility index (Phi) is 5.92. The van der Waals surface area contributed by atoms with Gasteiger partial charge in [0.05, 0.1) is 0 Å². The first kappa shape index (κ1) is 17.2. The van der Waals surface area contributed by atoms with E-state index in [0.29, 0.717) is 16.1 Å². The number of para-hydroxylation sites is 1. The molecule has 23 heavy (non-hydrogen) atoms. The normalized spacial score (nSPS) is 10.6. The molecule has 0 unspecified atom stereocenters. The molecule has 0 aliphatic rings. The number of aryl methyl sites for hydroxylation is 1.